The predicted octanol–water partition coefficient (Wildman–Crippen LogP) is 3.87. The van der Waals surface area contributed by atoms with Crippen LogP contribution >= 0.6 is 0 Å². The van der Waals surface area contributed by atoms with Crippen molar-refractivity contribution in [1.29, 1.82) is 0 Å². The fraction of sp³-hybridized carbons (Fsp3) is 0.400. The van der Waals surface area contributed by atoms with Crippen LogP contribution in [0.1, 0.15) is 36.7 Å². The van der Waals surface area contributed by atoms with Crippen molar-refractivity contribution >= 4 is 0 Å². The Labute approximate surface area is 121 Å². The van der Waals surface area contributed by atoms with Gasteiger partial charge in [-0.25, -0.2) is 4.68 Å². The van der Waals surface area contributed by atoms with Crippen molar-refractivity contribution in [2.45, 2.75) is 33.0 Å². The van der Waals surface area contributed by atoms with E-state index in [2.05, 4.69) is 10.4 Å². The van der Waals surface area contributed by atoms with Gasteiger partial charge in [-0.1, -0.05) is 13.0 Å². The summed E-state index contributed by atoms with van der Waals surface area (Å²) in [5.74, 6) is 0. The van der Waals surface area contributed by atoms with E-state index < -0.39 is 11.7 Å². The lowest BCUT2D eigenvalue weighted by Gasteiger charge is -2.13. The van der Waals surface area contributed by atoms with Crippen molar-refractivity contribution < 1.29 is 13.2 Å². The smallest absolute Gasteiger partial charge is 0.310 e. The molecule has 2 rings (SSSR count). The third-order valence-corrected chi connectivity index (χ3v) is 3.44. The number of rotatable bonds is 4. The summed E-state index contributed by atoms with van der Waals surface area (Å²) < 4.78 is 39.9. The Balaban J connectivity index is 2.40. The Morgan fingerprint density at radius 1 is 1.33 bits per heavy atom. The van der Waals surface area contributed by atoms with Gasteiger partial charge in [0.05, 0.1) is 17.4 Å². The molecule has 6 heteroatoms. The van der Waals surface area contributed by atoms with Crippen LogP contribution in [0, 0.1) is 6.92 Å². The van der Waals surface area contributed by atoms with E-state index in [4.69, 9.17) is 0 Å². The van der Waals surface area contributed by atoms with Crippen LogP contribution in [0.4, 0.5) is 13.2 Å². The van der Waals surface area contributed by atoms with E-state index in [1.807, 2.05) is 20.8 Å². The van der Waals surface area contributed by atoms with Crippen molar-refractivity contribution in [1.82, 2.24) is 15.1 Å². The summed E-state index contributed by atoms with van der Waals surface area (Å²) in [4.78, 5) is 0. The lowest BCUT2D eigenvalue weighted by molar-refractivity contribution is -0.137. The second-order valence-electron chi connectivity index (χ2n) is 4.92. The van der Waals surface area contributed by atoms with Crippen molar-refractivity contribution in [3.63, 3.8) is 0 Å². The van der Waals surface area contributed by atoms with Gasteiger partial charge in [-0.3, -0.25) is 0 Å². The van der Waals surface area contributed by atoms with Crippen LogP contribution in [0.5, 0.6) is 0 Å². The fourth-order valence-corrected chi connectivity index (χ4v) is 2.34. The number of nitrogens with zero attached hydrogens (tertiary/aromatic N) is 2. The topological polar surface area (TPSA) is 29.9 Å². The highest BCUT2D eigenvalue weighted by molar-refractivity contribution is 5.39. The molecule has 1 atom stereocenters. The van der Waals surface area contributed by atoms with Crippen LogP contribution in [0.15, 0.2) is 30.5 Å². The third-order valence-electron chi connectivity index (χ3n) is 3.44. The fourth-order valence-electron chi connectivity index (χ4n) is 2.34. The summed E-state index contributed by atoms with van der Waals surface area (Å²) in [7, 11) is 0. The van der Waals surface area contributed by atoms with Crippen molar-refractivity contribution in [2.24, 2.45) is 0 Å². The third kappa shape index (κ3) is 3.26. The first-order valence-electron chi connectivity index (χ1n) is 6.80. The molecule has 1 aromatic carbocycles. The second kappa shape index (κ2) is 5.89. The number of alkyl halides is 3. The summed E-state index contributed by atoms with van der Waals surface area (Å²) in [6, 6.07) is 5.30. The van der Waals surface area contributed by atoms with Gasteiger partial charge in [0.15, 0.2) is 0 Å². The summed E-state index contributed by atoms with van der Waals surface area (Å²) >= 11 is 0. The van der Waals surface area contributed by atoms with Gasteiger partial charge < -0.3 is 5.32 Å². The largest absolute Gasteiger partial charge is 0.416 e. The number of benzene rings is 1. The number of nitrogens with one attached hydrogen (secondary N) is 1. The molecule has 0 bridgehead atoms. The molecule has 0 fully saturated rings. The molecule has 114 valence electrons. The summed E-state index contributed by atoms with van der Waals surface area (Å²) in [5, 5.41) is 7.49. The molecule has 1 aromatic heterocycles. The molecule has 2 aromatic rings. The number of hydrogen-bond acceptors (Lipinski definition) is 2. The van der Waals surface area contributed by atoms with Gasteiger partial charge in [0.1, 0.15) is 0 Å². The zero-order valence-electron chi connectivity index (χ0n) is 12.2. The minimum atomic E-state index is -4.35. The van der Waals surface area contributed by atoms with Crippen LogP contribution in [-0.2, 0) is 6.18 Å². The summed E-state index contributed by atoms with van der Waals surface area (Å²) in [6.07, 6.45) is -2.65. The van der Waals surface area contributed by atoms with Gasteiger partial charge in [-0.05, 0) is 38.6 Å². The highest BCUT2D eigenvalue weighted by Gasteiger charge is 2.30. The molecule has 0 saturated carbocycles. The van der Waals surface area contributed by atoms with Crippen molar-refractivity contribution in [2.75, 3.05) is 6.54 Å². The molecule has 0 aliphatic carbocycles. The van der Waals surface area contributed by atoms with Gasteiger partial charge in [0.25, 0.3) is 0 Å². The maximum atomic E-state index is 12.8. The Morgan fingerprint density at radius 3 is 2.67 bits per heavy atom. The molecule has 0 aliphatic rings. The average molecular weight is 297 g/mol. The molecule has 0 radical (unpaired) electrons. The van der Waals surface area contributed by atoms with Gasteiger partial charge in [-0.2, -0.15) is 18.3 Å². The molecular weight excluding hydrogens is 279 g/mol. The van der Waals surface area contributed by atoms with E-state index in [9.17, 15) is 13.2 Å². The zero-order chi connectivity index (χ0) is 15.6. The van der Waals surface area contributed by atoms with Gasteiger partial charge in [0.2, 0.25) is 0 Å². The molecule has 1 unspecified atom stereocenters. The van der Waals surface area contributed by atoms with Crippen LogP contribution in [0.3, 0.4) is 0 Å². The van der Waals surface area contributed by atoms with E-state index in [0.29, 0.717) is 5.69 Å². The Kier molecular flexibility index (Phi) is 4.37. The van der Waals surface area contributed by atoms with Gasteiger partial charge >= 0.3 is 6.18 Å². The lowest BCUT2D eigenvalue weighted by Crippen LogP contribution is -2.18. The SMILES string of the molecule is CCNC(C)c1cnn(-c2cccc(C(F)(F)F)c2)c1C. The van der Waals surface area contributed by atoms with Crippen LogP contribution < -0.4 is 5.32 Å². The van der Waals surface area contributed by atoms with E-state index in [1.165, 1.54) is 6.07 Å². The summed E-state index contributed by atoms with van der Waals surface area (Å²) in [5.41, 5.74) is 1.56. The van der Waals surface area contributed by atoms with E-state index >= 15 is 0 Å². The summed E-state index contributed by atoms with van der Waals surface area (Å²) in [6.45, 7) is 6.68. The molecule has 0 spiro atoms. The zero-order valence-corrected chi connectivity index (χ0v) is 12.2. The Morgan fingerprint density at radius 2 is 2.05 bits per heavy atom. The van der Waals surface area contributed by atoms with E-state index in [1.54, 1.807) is 16.9 Å². The van der Waals surface area contributed by atoms with Gasteiger partial charge in [-0.15, -0.1) is 0 Å². The molecule has 0 saturated heterocycles. The Hall–Kier alpha value is -1.82. The van der Waals surface area contributed by atoms with E-state index in [0.717, 1.165) is 29.9 Å². The van der Waals surface area contributed by atoms with Crippen molar-refractivity contribution in [3.05, 3.63) is 47.3 Å². The molecule has 21 heavy (non-hydrogen) atoms. The lowest BCUT2D eigenvalue weighted by atomic mass is 10.1. The van der Waals surface area contributed by atoms with Crippen LogP contribution in [0.2, 0.25) is 0 Å². The standard InChI is InChI=1S/C15H18F3N3/c1-4-19-10(2)14-9-20-21(11(14)3)13-7-5-6-12(8-13)15(16,17)18/h5-10,19H,4H2,1-3H3. The maximum absolute atomic E-state index is 12.8. The minimum absolute atomic E-state index is 0.106. The van der Waals surface area contributed by atoms with Crippen LogP contribution in [0.25, 0.3) is 5.69 Å². The second-order valence-corrected chi connectivity index (χ2v) is 4.92. The van der Waals surface area contributed by atoms with Gasteiger partial charge in [0, 0.05) is 17.3 Å². The molecule has 0 amide bonds. The van der Waals surface area contributed by atoms with Crippen molar-refractivity contribution in [3.8, 4) is 5.69 Å². The number of hydrogen-bond donors (Lipinski definition) is 1. The highest BCUT2D eigenvalue weighted by atomic mass is 19.4. The molecule has 0 aliphatic heterocycles. The molecular formula is C15H18F3N3. The molecule has 3 nitrogen and oxygen atoms in total. The predicted molar refractivity (Wildman–Crippen MR) is 75.4 cm³/mol. The van der Waals surface area contributed by atoms with Crippen LogP contribution in [-0.4, -0.2) is 16.3 Å². The quantitative estimate of drug-likeness (QED) is 0.928. The maximum Gasteiger partial charge on any atom is 0.416 e. The highest BCUT2D eigenvalue weighted by Crippen LogP contribution is 2.30. The first kappa shape index (κ1) is 15.6. The van der Waals surface area contributed by atoms with E-state index in [-0.39, 0.29) is 6.04 Å². The average Bonchev–Trinajstić information content (AvgIpc) is 2.80. The Bertz CT molecular complexity index is 617. The molecule has 1 heterocycles. The number of halogens is 3. The number of aromatic nitrogens is 2. The normalized spacial score (nSPS) is 13.4. The molecule has 1 N–H and O–H groups in total. The first-order valence-corrected chi connectivity index (χ1v) is 6.80. The minimum Gasteiger partial charge on any atom is -0.310 e. The first-order chi connectivity index (χ1) is 9.84. The monoisotopic (exact) mass is 297 g/mol.